The van der Waals surface area contributed by atoms with Crippen molar-refractivity contribution in [3.63, 3.8) is 0 Å². The first kappa shape index (κ1) is 11.7. The molecule has 2 nitrogen and oxygen atoms in total. The first-order valence-electron chi connectivity index (χ1n) is 4.67. The molecule has 0 bridgehead atoms. The van der Waals surface area contributed by atoms with Crippen molar-refractivity contribution in [3.8, 4) is 0 Å². The highest BCUT2D eigenvalue weighted by Crippen LogP contribution is 2.25. The minimum absolute atomic E-state index is 0.586. The van der Waals surface area contributed by atoms with Gasteiger partial charge in [-0.1, -0.05) is 34.1 Å². The number of rotatable bonds is 5. The standard InChI is InChI=1S/C11H14BrO2/c1-3-13-11(14-4-2)9-7-5-6-8-10(9)12/h5-8H,3-4H2,1-2H3. The summed E-state index contributed by atoms with van der Waals surface area (Å²) in [5.41, 5.74) is 0.955. The second-order valence-electron chi connectivity index (χ2n) is 2.63. The van der Waals surface area contributed by atoms with Crippen LogP contribution in [0, 0.1) is 6.29 Å². The second kappa shape index (κ2) is 6.17. The summed E-state index contributed by atoms with van der Waals surface area (Å²) in [7, 11) is 0. The molecule has 0 unspecified atom stereocenters. The smallest absolute Gasteiger partial charge is 0.257 e. The van der Waals surface area contributed by atoms with E-state index in [9.17, 15) is 0 Å². The number of hydrogen-bond acceptors (Lipinski definition) is 2. The average molecular weight is 258 g/mol. The van der Waals surface area contributed by atoms with Gasteiger partial charge in [0.1, 0.15) is 0 Å². The van der Waals surface area contributed by atoms with Crippen molar-refractivity contribution in [2.75, 3.05) is 13.2 Å². The van der Waals surface area contributed by atoms with Gasteiger partial charge in [-0.25, -0.2) is 0 Å². The second-order valence-corrected chi connectivity index (χ2v) is 3.49. The van der Waals surface area contributed by atoms with E-state index < -0.39 is 0 Å². The van der Waals surface area contributed by atoms with Crippen LogP contribution >= 0.6 is 15.9 Å². The van der Waals surface area contributed by atoms with E-state index >= 15 is 0 Å². The highest BCUT2D eigenvalue weighted by molar-refractivity contribution is 9.10. The van der Waals surface area contributed by atoms with Crippen LogP contribution in [0.15, 0.2) is 28.7 Å². The Morgan fingerprint density at radius 1 is 1.14 bits per heavy atom. The highest BCUT2D eigenvalue weighted by Gasteiger charge is 2.15. The number of benzene rings is 1. The zero-order chi connectivity index (χ0) is 10.4. The zero-order valence-electron chi connectivity index (χ0n) is 8.42. The van der Waals surface area contributed by atoms with E-state index in [2.05, 4.69) is 15.9 Å². The molecule has 1 rings (SSSR count). The maximum absolute atomic E-state index is 5.41. The molecule has 0 aliphatic heterocycles. The Labute approximate surface area is 93.4 Å². The molecule has 1 radical (unpaired) electrons. The van der Waals surface area contributed by atoms with E-state index in [1.165, 1.54) is 0 Å². The maximum atomic E-state index is 5.41. The average Bonchev–Trinajstić information content (AvgIpc) is 2.18. The van der Waals surface area contributed by atoms with Crippen molar-refractivity contribution in [1.82, 2.24) is 0 Å². The van der Waals surface area contributed by atoms with Gasteiger partial charge >= 0.3 is 0 Å². The number of ether oxygens (including phenoxy) is 2. The molecule has 77 valence electrons. The van der Waals surface area contributed by atoms with Crippen LogP contribution in [-0.4, -0.2) is 13.2 Å². The van der Waals surface area contributed by atoms with Crippen molar-refractivity contribution < 1.29 is 9.47 Å². The number of hydrogen-bond donors (Lipinski definition) is 0. The van der Waals surface area contributed by atoms with Crippen LogP contribution in [0.3, 0.4) is 0 Å². The van der Waals surface area contributed by atoms with Crippen LogP contribution in [0.4, 0.5) is 0 Å². The van der Waals surface area contributed by atoms with Crippen LogP contribution in [0.5, 0.6) is 0 Å². The lowest BCUT2D eigenvalue weighted by Gasteiger charge is -2.16. The van der Waals surface area contributed by atoms with Gasteiger partial charge in [0.05, 0.1) is 0 Å². The third-order valence-corrected chi connectivity index (χ3v) is 2.34. The fourth-order valence-corrected chi connectivity index (χ4v) is 1.53. The van der Waals surface area contributed by atoms with Gasteiger partial charge in [-0.2, -0.15) is 0 Å². The third-order valence-electron chi connectivity index (χ3n) is 1.64. The fraction of sp³-hybridized carbons (Fsp3) is 0.364. The van der Waals surface area contributed by atoms with Crippen molar-refractivity contribution in [2.45, 2.75) is 13.8 Å². The molecule has 0 N–H and O–H groups in total. The lowest BCUT2D eigenvalue weighted by atomic mass is 10.2. The number of halogens is 1. The Bertz CT molecular complexity index is 270. The molecular weight excluding hydrogens is 244 g/mol. The minimum Gasteiger partial charge on any atom is -0.342 e. The van der Waals surface area contributed by atoms with E-state index in [-0.39, 0.29) is 0 Å². The molecule has 0 aliphatic rings. The van der Waals surface area contributed by atoms with E-state index in [1.807, 2.05) is 38.1 Å². The zero-order valence-corrected chi connectivity index (χ0v) is 10.0. The minimum atomic E-state index is 0.586. The van der Waals surface area contributed by atoms with Crippen LogP contribution in [0.1, 0.15) is 19.4 Å². The summed E-state index contributed by atoms with van der Waals surface area (Å²) >= 11 is 3.46. The summed E-state index contributed by atoms with van der Waals surface area (Å²) in [6.07, 6.45) is 0.586. The van der Waals surface area contributed by atoms with Gasteiger partial charge in [0.25, 0.3) is 6.29 Å². The molecule has 0 amide bonds. The van der Waals surface area contributed by atoms with Gasteiger partial charge < -0.3 is 9.47 Å². The summed E-state index contributed by atoms with van der Waals surface area (Å²) in [6, 6.07) is 7.85. The van der Waals surface area contributed by atoms with Crippen molar-refractivity contribution >= 4 is 15.9 Å². The molecule has 14 heavy (non-hydrogen) atoms. The Balaban J connectivity index is 2.81. The lowest BCUT2D eigenvalue weighted by molar-refractivity contribution is -0.0165. The molecule has 0 spiro atoms. The maximum Gasteiger partial charge on any atom is 0.257 e. The highest BCUT2D eigenvalue weighted by atomic mass is 79.9. The summed E-state index contributed by atoms with van der Waals surface area (Å²) in [5, 5.41) is 0. The van der Waals surface area contributed by atoms with Gasteiger partial charge in [0.15, 0.2) is 0 Å². The molecule has 0 atom stereocenters. The Morgan fingerprint density at radius 3 is 2.21 bits per heavy atom. The van der Waals surface area contributed by atoms with E-state index in [1.54, 1.807) is 0 Å². The normalized spacial score (nSPS) is 10.9. The van der Waals surface area contributed by atoms with E-state index in [0.29, 0.717) is 19.5 Å². The predicted octanol–water partition coefficient (Wildman–Crippen LogP) is 3.36. The molecule has 0 aliphatic carbocycles. The molecule has 0 aromatic heterocycles. The SMILES string of the molecule is CCO[C](OCC)c1ccccc1Br. The summed E-state index contributed by atoms with van der Waals surface area (Å²) < 4.78 is 11.8. The fourth-order valence-electron chi connectivity index (χ4n) is 1.09. The Morgan fingerprint density at radius 2 is 1.71 bits per heavy atom. The van der Waals surface area contributed by atoms with Crippen LogP contribution in [0.25, 0.3) is 0 Å². The lowest BCUT2D eigenvalue weighted by Crippen LogP contribution is -2.10. The molecule has 1 aromatic rings. The van der Waals surface area contributed by atoms with E-state index in [0.717, 1.165) is 10.0 Å². The molecule has 0 heterocycles. The van der Waals surface area contributed by atoms with Crippen LogP contribution < -0.4 is 0 Å². The first-order chi connectivity index (χ1) is 6.79. The summed E-state index contributed by atoms with van der Waals surface area (Å²) in [4.78, 5) is 0. The first-order valence-corrected chi connectivity index (χ1v) is 5.46. The van der Waals surface area contributed by atoms with Gasteiger partial charge in [-0.05, 0) is 19.9 Å². The van der Waals surface area contributed by atoms with E-state index in [4.69, 9.17) is 9.47 Å². The molecular formula is C11H14BrO2. The molecule has 0 saturated heterocycles. The topological polar surface area (TPSA) is 18.5 Å². The quantitative estimate of drug-likeness (QED) is 0.806. The van der Waals surface area contributed by atoms with Crippen molar-refractivity contribution in [1.29, 1.82) is 0 Å². The summed E-state index contributed by atoms with van der Waals surface area (Å²) in [6.45, 7) is 5.10. The molecule has 0 fully saturated rings. The Kier molecular flexibility index (Phi) is 5.15. The van der Waals surface area contributed by atoms with Crippen molar-refractivity contribution in [2.24, 2.45) is 0 Å². The summed E-state index contributed by atoms with van der Waals surface area (Å²) in [5.74, 6) is 0. The van der Waals surface area contributed by atoms with Gasteiger partial charge in [0.2, 0.25) is 0 Å². The van der Waals surface area contributed by atoms with Crippen LogP contribution in [0.2, 0.25) is 0 Å². The van der Waals surface area contributed by atoms with Crippen molar-refractivity contribution in [3.05, 3.63) is 40.6 Å². The predicted molar refractivity (Wildman–Crippen MR) is 59.7 cm³/mol. The third kappa shape index (κ3) is 3.08. The van der Waals surface area contributed by atoms with Gasteiger partial charge in [-0.15, -0.1) is 0 Å². The molecule has 3 heteroatoms. The monoisotopic (exact) mass is 257 g/mol. The van der Waals surface area contributed by atoms with Gasteiger partial charge in [0, 0.05) is 23.2 Å². The molecule has 0 saturated carbocycles. The van der Waals surface area contributed by atoms with Gasteiger partial charge in [-0.3, -0.25) is 0 Å². The Hall–Kier alpha value is -0.380. The van der Waals surface area contributed by atoms with Crippen LogP contribution in [-0.2, 0) is 9.47 Å². The molecule has 1 aromatic carbocycles. The largest absolute Gasteiger partial charge is 0.342 e.